The van der Waals surface area contributed by atoms with E-state index in [0.29, 0.717) is 117 Å². The van der Waals surface area contributed by atoms with Gasteiger partial charge in [-0.3, -0.25) is 0 Å². The van der Waals surface area contributed by atoms with Crippen LogP contribution in [0.4, 0.5) is 40.6 Å². The van der Waals surface area contributed by atoms with Gasteiger partial charge in [0.2, 0.25) is 0 Å². The average Bonchev–Trinajstić information content (AvgIpc) is 1.59. The second-order valence-electron chi connectivity index (χ2n) is 32.3. The summed E-state index contributed by atoms with van der Waals surface area (Å²) >= 11 is 9.92. The van der Waals surface area contributed by atoms with Gasteiger partial charge in [0.25, 0.3) is 30.1 Å². The minimum absolute atomic E-state index is 0.00108. The fraction of sp³-hybridized carbons (Fsp3) is 0.329. The number of hydrogen-bond acceptors (Lipinski definition) is 23. The van der Waals surface area contributed by atoms with Crippen LogP contribution in [0.5, 0.6) is 0 Å². The van der Waals surface area contributed by atoms with Gasteiger partial charge < -0.3 is 43.6 Å². The molecular weight excluding hydrogens is 1870 g/mol. The fourth-order valence-electron chi connectivity index (χ4n) is 14.4. The number of carbonyl (C=O) groups excluding carboxylic acids is 3. The first-order valence-corrected chi connectivity index (χ1v) is 45.8. The zero-order valence-electron chi connectivity index (χ0n) is 68.8. The van der Waals surface area contributed by atoms with Crippen LogP contribution < -0.4 is 14.7 Å². The van der Waals surface area contributed by atoms with E-state index >= 15 is 0 Å². The smallest absolute Gasteiger partial charge is 0.410 e. The first-order valence-electron chi connectivity index (χ1n) is 38.9. The number of benzene rings is 5. The summed E-state index contributed by atoms with van der Waals surface area (Å²) in [6, 6.07) is 41.7. The van der Waals surface area contributed by atoms with E-state index in [1.54, 1.807) is 130 Å². The molecule has 16 rings (SSSR count). The Bertz CT molecular complexity index is 6290. The van der Waals surface area contributed by atoms with Gasteiger partial charge in [0.15, 0.2) is 16.9 Å². The number of halogens is 5. The molecule has 3 saturated heterocycles. The lowest BCUT2D eigenvalue weighted by atomic mass is 10.1. The molecule has 640 valence electrons. The highest BCUT2D eigenvalue weighted by atomic mass is 127. The molecule has 4 aliphatic rings. The molecule has 3 amide bonds. The average molecular weight is 1970 g/mol. The van der Waals surface area contributed by atoms with Crippen LogP contribution in [0.25, 0.3) is 56.0 Å². The van der Waals surface area contributed by atoms with Gasteiger partial charge in [-0.2, -0.15) is 0 Å². The summed E-state index contributed by atoms with van der Waals surface area (Å²) in [4.78, 5) is 84.3. The molecule has 0 bridgehead atoms. The van der Waals surface area contributed by atoms with Crippen molar-refractivity contribution >= 4 is 167 Å². The van der Waals surface area contributed by atoms with Crippen molar-refractivity contribution in [3.8, 4) is 11.3 Å². The minimum Gasteiger partial charge on any atom is -0.444 e. The van der Waals surface area contributed by atoms with E-state index in [1.807, 2.05) is 133 Å². The SMILES string of the molecule is C[C@@H]1CN(c2ncnc3c2C=C(c2ccc(F)cc2)C3)CCN1C(=O)OC(C)(C)C.C[C@@H]1CN(c2ncnc3c2cc(-c2ccc(F)cc2)n3S(=O)(=O)c2ccccc2)CCN1C(=O)OC(C)(C)C.C[C@@H]1CN(c2ncnc3c2cc(I)n3S(=O)(=O)c2ccccc2)CCN1C(=O)OC(C)(C)C.O=S(=O)(c1ccccc1)n1c(I)cc2c(Cl)ncnc21. The van der Waals surface area contributed by atoms with Crippen molar-refractivity contribution in [2.24, 2.45) is 0 Å². The Hall–Kier alpha value is -10.6. The molecule has 10 heterocycles. The highest BCUT2D eigenvalue weighted by Crippen LogP contribution is 2.40. The zero-order chi connectivity index (χ0) is 87.7. The molecule has 3 aliphatic heterocycles. The molecule has 7 aromatic heterocycles. The number of hydrogen-bond donors (Lipinski definition) is 0. The quantitative estimate of drug-likeness (QED) is 0.0659. The first kappa shape index (κ1) is 89.2. The largest absolute Gasteiger partial charge is 0.444 e. The van der Waals surface area contributed by atoms with Crippen molar-refractivity contribution in [3.63, 3.8) is 0 Å². The Morgan fingerprint density at radius 1 is 0.418 bits per heavy atom. The molecule has 12 aromatic rings. The molecule has 3 atom stereocenters. The van der Waals surface area contributed by atoms with Crippen molar-refractivity contribution in [1.29, 1.82) is 0 Å². The topological polar surface area (TPSA) is 319 Å². The van der Waals surface area contributed by atoms with E-state index < -0.39 is 52.7 Å². The number of anilines is 3. The van der Waals surface area contributed by atoms with Crippen LogP contribution in [0, 0.1) is 19.0 Å². The van der Waals surface area contributed by atoms with Crippen molar-refractivity contribution in [2.45, 2.75) is 139 Å². The van der Waals surface area contributed by atoms with Gasteiger partial charge in [-0.05, 0) is 242 Å². The molecule has 0 radical (unpaired) electrons. The van der Waals surface area contributed by atoms with Crippen LogP contribution in [0.15, 0.2) is 198 Å². The molecule has 3 fully saturated rings. The third-order valence-corrected chi connectivity index (χ3v) is 27.7. The van der Waals surface area contributed by atoms with E-state index in [-0.39, 0.29) is 73.4 Å². The van der Waals surface area contributed by atoms with Crippen molar-refractivity contribution < 1.29 is 62.6 Å². The van der Waals surface area contributed by atoms with Crippen LogP contribution >= 0.6 is 56.8 Å². The Labute approximate surface area is 738 Å². The lowest BCUT2D eigenvalue weighted by Gasteiger charge is -2.41. The molecule has 1 aliphatic carbocycles. The Balaban J connectivity index is 0.000000143. The van der Waals surface area contributed by atoms with Crippen LogP contribution in [-0.4, -0.2) is 204 Å². The zero-order valence-corrected chi connectivity index (χ0v) is 76.3. The normalized spacial score (nSPS) is 16.6. The van der Waals surface area contributed by atoms with Gasteiger partial charge in [-0.25, -0.2) is 100 Å². The number of ether oxygens (including phenoxy) is 3. The second-order valence-corrected chi connectivity index (χ2v) is 40.2. The fourth-order valence-corrected chi connectivity index (χ4v) is 21.5. The lowest BCUT2D eigenvalue weighted by Crippen LogP contribution is -2.55. The second kappa shape index (κ2) is 36.1. The van der Waals surface area contributed by atoms with Crippen LogP contribution in [-0.2, 0) is 50.7 Å². The molecule has 5 aromatic carbocycles. The van der Waals surface area contributed by atoms with Gasteiger partial charge >= 0.3 is 18.3 Å². The van der Waals surface area contributed by atoms with Crippen LogP contribution in [0.1, 0.15) is 99.9 Å². The van der Waals surface area contributed by atoms with Crippen molar-refractivity contribution in [2.75, 3.05) is 73.6 Å². The minimum atomic E-state index is -4.06. The van der Waals surface area contributed by atoms with Gasteiger partial charge in [-0.15, -0.1) is 0 Å². The first-order chi connectivity index (χ1) is 57.7. The highest BCUT2D eigenvalue weighted by molar-refractivity contribution is 14.1. The number of fused-ring (bicyclic) bond motifs is 4. The number of amides is 3. The standard InChI is InChI=1S/C28H30FN5O4S.C23H27FN4O2.C22H26IN5O4S.C12H7ClIN3O2S/c1-19-17-32(14-15-33(19)27(35)38-28(2,3)4)25-23-16-24(20-10-12-21(29)13-11-20)34(26(23)31-18-30-25)39(36,37)22-8-6-5-7-9-22;1-15-13-27(9-10-28(15)22(29)30-23(2,3)4)21-19-11-17(12-20(19)25-14-26-21)16-5-7-18(24)8-6-16;1-15-13-26(10-11-27(15)21(29)32-22(2,3)4)19-17-12-18(23)28(20(17)25-14-24-19)33(30,31)16-8-6-5-7-9-16;13-11-9-6-10(14)17(12(9)16-7-15-11)20(18,19)8-4-2-1-3-5-8/h5-13,16,18-19H,14-15,17H2,1-4H3;5-8,11,14-15H,9-10,12-13H2,1-4H3;5-9,12,14-15H,10-11,13H2,1-4H3;1-7H/t19-;2*15-;/m111./s1. The highest BCUT2D eigenvalue weighted by Gasteiger charge is 2.38. The molecule has 122 heavy (non-hydrogen) atoms. The third kappa shape index (κ3) is 19.7. The molecular formula is C85H90ClF2I2N17O12S3. The molecule has 0 saturated carbocycles. The summed E-state index contributed by atoms with van der Waals surface area (Å²) < 4.78 is 128. The Morgan fingerprint density at radius 3 is 1.16 bits per heavy atom. The summed E-state index contributed by atoms with van der Waals surface area (Å²) in [5.41, 5.74) is 4.08. The number of aromatic nitrogens is 11. The third-order valence-electron chi connectivity index (χ3n) is 20.0. The summed E-state index contributed by atoms with van der Waals surface area (Å²) in [5.74, 6) is 1.42. The summed E-state index contributed by atoms with van der Waals surface area (Å²) in [7, 11) is -11.6. The predicted molar refractivity (Wildman–Crippen MR) is 479 cm³/mol. The molecule has 29 nitrogen and oxygen atoms in total. The summed E-state index contributed by atoms with van der Waals surface area (Å²) in [5, 5.41) is 1.93. The Kier molecular flexibility index (Phi) is 26.4. The maximum Gasteiger partial charge on any atom is 0.410 e. The Morgan fingerprint density at radius 2 is 0.754 bits per heavy atom. The number of rotatable bonds is 11. The number of nitrogens with zero attached hydrogens (tertiary/aromatic N) is 17. The summed E-state index contributed by atoms with van der Waals surface area (Å²) in [6.07, 6.45) is 7.38. The van der Waals surface area contributed by atoms with Crippen LogP contribution in [0.2, 0.25) is 5.15 Å². The maximum atomic E-state index is 13.9. The van der Waals surface area contributed by atoms with Gasteiger partial charge in [0, 0.05) is 89.0 Å². The molecule has 0 spiro atoms. The molecule has 0 N–H and O–H groups in total. The van der Waals surface area contributed by atoms with E-state index in [2.05, 4.69) is 55.7 Å². The lowest BCUT2D eigenvalue weighted by molar-refractivity contribution is 0.0147. The number of piperazine rings is 3. The van der Waals surface area contributed by atoms with E-state index in [4.69, 9.17) is 25.8 Å². The number of allylic oxidation sites excluding steroid dienone is 1. The maximum absolute atomic E-state index is 13.9. The molecule has 0 unspecified atom stereocenters. The predicted octanol–water partition coefficient (Wildman–Crippen LogP) is 15.7. The van der Waals surface area contributed by atoms with Crippen molar-refractivity contribution in [3.05, 3.63) is 224 Å². The van der Waals surface area contributed by atoms with Gasteiger partial charge in [0.05, 0.1) is 49.6 Å². The van der Waals surface area contributed by atoms with E-state index in [0.717, 1.165) is 28.2 Å². The monoisotopic (exact) mass is 1960 g/mol. The van der Waals surface area contributed by atoms with Crippen LogP contribution in [0.3, 0.4) is 0 Å². The van der Waals surface area contributed by atoms with E-state index in [1.165, 1.54) is 79.4 Å². The van der Waals surface area contributed by atoms with Crippen molar-refractivity contribution in [1.82, 2.24) is 66.5 Å². The van der Waals surface area contributed by atoms with Gasteiger partial charge in [-0.1, -0.05) is 78.3 Å². The number of carbonyl (C=O) groups is 3. The van der Waals surface area contributed by atoms with Gasteiger partial charge in [0.1, 0.15) is 76.4 Å². The van der Waals surface area contributed by atoms with E-state index in [9.17, 15) is 48.4 Å². The molecule has 37 heteroatoms. The summed E-state index contributed by atoms with van der Waals surface area (Å²) in [6.45, 7) is 27.4.